The third-order valence-electron chi connectivity index (χ3n) is 8.17. The Morgan fingerprint density at radius 2 is 1.61 bits per heavy atom. The highest BCUT2D eigenvalue weighted by atomic mass is 28.4. The van der Waals surface area contributed by atoms with Crippen LogP contribution < -0.4 is 14.2 Å². The van der Waals surface area contributed by atoms with E-state index in [4.69, 9.17) is 28.1 Å². The van der Waals surface area contributed by atoms with E-state index in [2.05, 4.69) is 53.7 Å². The summed E-state index contributed by atoms with van der Waals surface area (Å²) in [4.78, 5) is 11.7. The summed E-state index contributed by atoms with van der Waals surface area (Å²) in [7, 11) is 0.801. The van der Waals surface area contributed by atoms with Crippen molar-refractivity contribution in [1.29, 1.82) is 0 Å². The molecule has 228 valence electrons. The number of esters is 1. The van der Waals surface area contributed by atoms with E-state index >= 15 is 0 Å². The van der Waals surface area contributed by atoms with E-state index in [1.165, 1.54) is 7.11 Å². The van der Waals surface area contributed by atoms with Gasteiger partial charge in [-0.05, 0) is 71.3 Å². The molecule has 1 fully saturated rings. The molecule has 0 aliphatic carbocycles. The summed E-state index contributed by atoms with van der Waals surface area (Å²) in [5.74, 6) is 1.82. The number of carbonyl (C=O) groups excluding carboxylic acids is 1. The van der Waals surface area contributed by atoms with E-state index in [-0.39, 0.29) is 18.4 Å². The van der Waals surface area contributed by atoms with Crippen LogP contribution in [0.3, 0.4) is 0 Å². The lowest BCUT2D eigenvalue weighted by atomic mass is 10.1. The predicted octanol–water partition coefficient (Wildman–Crippen LogP) is 8.02. The van der Waals surface area contributed by atoms with Crippen LogP contribution in [0.4, 0.5) is 0 Å². The van der Waals surface area contributed by atoms with Gasteiger partial charge in [0.15, 0.2) is 17.8 Å². The van der Waals surface area contributed by atoms with Gasteiger partial charge in [-0.15, -0.1) is 0 Å². The van der Waals surface area contributed by atoms with Gasteiger partial charge in [0.25, 0.3) is 0 Å². The van der Waals surface area contributed by atoms with E-state index in [0.29, 0.717) is 47.6 Å². The fourth-order valence-corrected chi connectivity index (χ4v) is 11.6. The molecule has 1 saturated heterocycles. The minimum absolute atomic E-state index is 0.188. The molecule has 3 rings (SSSR count). The van der Waals surface area contributed by atoms with Gasteiger partial charge in [0, 0.05) is 12.8 Å². The van der Waals surface area contributed by atoms with Gasteiger partial charge in [0.1, 0.15) is 18.5 Å². The van der Waals surface area contributed by atoms with Crippen LogP contribution in [0.25, 0.3) is 0 Å². The highest BCUT2D eigenvalue weighted by Gasteiger charge is 2.47. The van der Waals surface area contributed by atoms with E-state index in [1.54, 1.807) is 7.11 Å². The number of carbonyl (C=O) groups is 1. The molecular weight excluding hydrogens is 536 g/mol. The lowest BCUT2D eigenvalue weighted by molar-refractivity contribution is -0.140. The SMILES string of the molecule is COC(=O)CCc1ccc(OC)c(OC[C@H](O[Si](C(C)C)(C(C)C)C(C)C)c2ccc(OC3CCCCO3)cc2)c1. The first-order chi connectivity index (χ1) is 19.6. The maximum atomic E-state index is 11.7. The molecule has 0 aromatic heterocycles. The van der Waals surface area contributed by atoms with Gasteiger partial charge in [0.05, 0.1) is 20.8 Å². The second kappa shape index (κ2) is 15.6. The first-order valence-corrected chi connectivity index (χ1v) is 17.2. The van der Waals surface area contributed by atoms with Gasteiger partial charge >= 0.3 is 5.97 Å². The molecule has 0 saturated carbocycles. The second-order valence-corrected chi connectivity index (χ2v) is 17.2. The van der Waals surface area contributed by atoms with Gasteiger partial charge < -0.3 is 28.1 Å². The third kappa shape index (κ3) is 8.72. The van der Waals surface area contributed by atoms with Crippen LogP contribution in [0.1, 0.15) is 84.5 Å². The Labute approximate surface area is 247 Å². The van der Waals surface area contributed by atoms with Crippen molar-refractivity contribution in [2.24, 2.45) is 0 Å². The fraction of sp³-hybridized carbons (Fsp3) is 0.606. The number of methoxy groups -OCH3 is 2. The molecule has 7 nitrogen and oxygen atoms in total. The van der Waals surface area contributed by atoms with Crippen LogP contribution in [0.5, 0.6) is 17.2 Å². The maximum absolute atomic E-state index is 11.7. The Hall–Kier alpha value is -2.55. The summed E-state index contributed by atoms with van der Waals surface area (Å²) < 4.78 is 36.0. The molecule has 2 aromatic rings. The number of ether oxygens (including phenoxy) is 5. The van der Waals surface area contributed by atoms with Crippen molar-refractivity contribution in [3.63, 3.8) is 0 Å². The van der Waals surface area contributed by atoms with Crippen molar-refractivity contribution >= 4 is 14.3 Å². The smallest absolute Gasteiger partial charge is 0.305 e. The normalized spacial score (nSPS) is 16.6. The maximum Gasteiger partial charge on any atom is 0.305 e. The quantitative estimate of drug-likeness (QED) is 0.155. The van der Waals surface area contributed by atoms with Crippen molar-refractivity contribution in [3.8, 4) is 17.2 Å². The number of rotatable bonds is 15. The molecule has 0 N–H and O–H groups in total. The van der Waals surface area contributed by atoms with Crippen LogP contribution in [0.2, 0.25) is 16.6 Å². The van der Waals surface area contributed by atoms with E-state index < -0.39 is 8.32 Å². The summed E-state index contributed by atoms with van der Waals surface area (Å²) in [5.41, 5.74) is 3.29. The highest BCUT2D eigenvalue weighted by molar-refractivity contribution is 6.77. The fourth-order valence-electron chi connectivity index (χ4n) is 6.07. The number of aryl methyl sites for hydroxylation is 1. The lowest BCUT2D eigenvalue weighted by Gasteiger charge is -2.44. The van der Waals surface area contributed by atoms with Gasteiger partial charge in [-0.1, -0.05) is 59.7 Å². The molecule has 1 aliphatic heterocycles. The molecule has 2 aromatic carbocycles. The second-order valence-electron chi connectivity index (χ2n) is 11.8. The molecule has 0 spiro atoms. The van der Waals surface area contributed by atoms with E-state index in [0.717, 1.165) is 42.7 Å². The van der Waals surface area contributed by atoms with E-state index in [1.807, 2.05) is 30.3 Å². The Morgan fingerprint density at radius 1 is 0.927 bits per heavy atom. The summed E-state index contributed by atoms with van der Waals surface area (Å²) in [6.07, 6.45) is 3.51. The molecule has 0 bridgehead atoms. The minimum atomic E-state index is -2.24. The first-order valence-electron chi connectivity index (χ1n) is 15.0. The van der Waals surface area contributed by atoms with Crippen LogP contribution in [0.15, 0.2) is 42.5 Å². The van der Waals surface area contributed by atoms with Crippen LogP contribution in [0, 0.1) is 0 Å². The summed E-state index contributed by atoms with van der Waals surface area (Å²) in [6.45, 7) is 14.8. The zero-order valence-electron chi connectivity index (χ0n) is 26.2. The van der Waals surface area contributed by atoms with Crippen molar-refractivity contribution in [3.05, 3.63) is 53.6 Å². The molecule has 2 atom stereocenters. The van der Waals surface area contributed by atoms with Crippen molar-refractivity contribution in [1.82, 2.24) is 0 Å². The first kappa shape index (κ1) is 33.0. The number of benzene rings is 2. The van der Waals surface area contributed by atoms with Gasteiger partial charge in [-0.25, -0.2) is 0 Å². The minimum Gasteiger partial charge on any atom is -0.493 e. The average molecular weight is 587 g/mol. The molecule has 1 aliphatic rings. The average Bonchev–Trinajstić information content (AvgIpc) is 2.96. The lowest BCUT2D eigenvalue weighted by Crippen LogP contribution is -2.49. The summed E-state index contributed by atoms with van der Waals surface area (Å²) >= 11 is 0. The van der Waals surface area contributed by atoms with Crippen molar-refractivity contribution in [2.45, 2.75) is 103 Å². The van der Waals surface area contributed by atoms with Gasteiger partial charge in [-0.3, -0.25) is 4.79 Å². The van der Waals surface area contributed by atoms with Crippen LogP contribution >= 0.6 is 0 Å². The van der Waals surface area contributed by atoms with Crippen molar-refractivity contribution in [2.75, 3.05) is 27.4 Å². The van der Waals surface area contributed by atoms with Crippen LogP contribution in [-0.4, -0.2) is 48.0 Å². The van der Waals surface area contributed by atoms with Gasteiger partial charge in [0.2, 0.25) is 8.32 Å². The van der Waals surface area contributed by atoms with Crippen molar-refractivity contribution < 1.29 is 32.9 Å². The molecule has 8 heteroatoms. The zero-order chi connectivity index (χ0) is 30.0. The molecule has 41 heavy (non-hydrogen) atoms. The summed E-state index contributed by atoms with van der Waals surface area (Å²) in [5, 5.41) is 0. The Bertz CT molecular complexity index is 1060. The molecule has 0 radical (unpaired) electrons. The van der Waals surface area contributed by atoms with Gasteiger partial charge in [-0.2, -0.15) is 0 Å². The highest BCUT2D eigenvalue weighted by Crippen LogP contribution is 2.45. The molecule has 1 unspecified atom stereocenters. The van der Waals surface area contributed by atoms with Crippen LogP contribution in [-0.2, 0) is 25.1 Å². The number of hydrogen-bond acceptors (Lipinski definition) is 7. The monoisotopic (exact) mass is 586 g/mol. The zero-order valence-corrected chi connectivity index (χ0v) is 27.2. The molecular formula is C33H50O7Si. The Kier molecular flexibility index (Phi) is 12.5. The number of hydrogen-bond donors (Lipinski definition) is 0. The Balaban J connectivity index is 1.88. The van der Waals surface area contributed by atoms with E-state index in [9.17, 15) is 4.79 Å². The molecule has 1 heterocycles. The molecule has 0 amide bonds. The largest absolute Gasteiger partial charge is 0.493 e. The third-order valence-corrected chi connectivity index (χ3v) is 14.3. The standard InChI is InChI=1S/C33H50O7Si/c1-23(2)41(24(3)4,25(5)6)40-31(27-14-16-28(17-15-27)39-33-11-9-10-20-37-33)22-38-30-21-26(12-18-29(30)35-7)13-19-32(34)36-8/h12,14-18,21,23-25,31,33H,9-11,13,19-20,22H2,1-8H3/t31-,33?/m0/s1. The summed E-state index contributed by atoms with van der Waals surface area (Å²) in [6, 6.07) is 13.9. The Morgan fingerprint density at radius 3 is 2.17 bits per heavy atom. The predicted molar refractivity (Wildman–Crippen MR) is 164 cm³/mol. The topological polar surface area (TPSA) is 72.5 Å².